The number of para-hydroxylation sites is 1. The Labute approximate surface area is 135 Å². The lowest BCUT2D eigenvalue weighted by Crippen LogP contribution is -2.27. The summed E-state index contributed by atoms with van der Waals surface area (Å²) in [4.78, 5) is 15.2. The average Bonchev–Trinajstić information content (AvgIpc) is 3.11. The Morgan fingerprint density at radius 2 is 2.08 bits per heavy atom. The first kappa shape index (κ1) is 16.1. The maximum atomic E-state index is 12.6. The molecule has 3 rings (SSSR count). The van der Waals surface area contributed by atoms with Gasteiger partial charge < -0.3 is 10.3 Å². The summed E-state index contributed by atoms with van der Waals surface area (Å²) in [6.45, 7) is 0.313. The number of aromatic nitrogens is 3. The summed E-state index contributed by atoms with van der Waals surface area (Å²) < 4.78 is 38.8. The highest BCUT2D eigenvalue weighted by Gasteiger charge is 2.35. The number of rotatable bonds is 4. The van der Waals surface area contributed by atoms with Crippen LogP contribution in [-0.2, 0) is 19.6 Å². The number of carbonyl (C=O) groups excluding carboxylic acids is 1. The normalized spacial score (nSPS) is 11.8. The molecule has 2 N–H and O–H groups in total. The summed E-state index contributed by atoms with van der Waals surface area (Å²) in [6, 6.07) is 8.52. The van der Waals surface area contributed by atoms with Gasteiger partial charge in [-0.15, -0.1) is 0 Å². The molecule has 0 unspecified atom stereocenters. The largest absolute Gasteiger partial charge is 0.435 e. The minimum absolute atomic E-state index is 0.124. The summed E-state index contributed by atoms with van der Waals surface area (Å²) in [5.41, 5.74) is 0.834. The molecular weight excluding hydrogens is 321 g/mol. The van der Waals surface area contributed by atoms with Crippen molar-refractivity contribution in [2.24, 2.45) is 7.05 Å². The van der Waals surface area contributed by atoms with Crippen LogP contribution < -0.4 is 5.32 Å². The van der Waals surface area contributed by atoms with E-state index in [-0.39, 0.29) is 5.69 Å². The van der Waals surface area contributed by atoms with Gasteiger partial charge in [0.2, 0.25) is 0 Å². The Balaban J connectivity index is 1.65. The zero-order valence-corrected chi connectivity index (χ0v) is 12.8. The van der Waals surface area contributed by atoms with Gasteiger partial charge in [-0.1, -0.05) is 18.2 Å². The van der Waals surface area contributed by atoms with Gasteiger partial charge in [0.15, 0.2) is 5.69 Å². The van der Waals surface area contributed by atoms with Crippen molar-refractivity contribution in [3.63, 3.8) is 0 Å². The number of aryl methyl sites for hydroxylation is 1. The van der Waals surface area contributed by atoms with E-state index in [0.29, 0.717) is 13.0 Å². The van der Waals surface area contributed by atoms with Gasteiger partial charge in [-0.05, 0) is 18.1 Å². The molecule has 0 atom stereocenters. The number of H-pyrrole nitrogens is 1. The molecule has 1 amide bonds. The lowest BCUT2D eigenvalue weighted by Gasteiger charge is -2.04. The summed E-state index contributed by atoms with van der Waals surface area (Å²) in [5, 5.41) is 7.02. The number of nitrogens with zero attached hydrogens (tertiary/aromatic N) is 2. The van der Waals surface area contributed by atoms with Gasteiger partial charge in [-0.3, -0.25) is 9.48 Å². The number of alkyl halides is 3. The molecule has 2 heterocycles. The van der Waals surface area contributed by atoms with Crippen LogP contribution in [0.5, 0.6) is 0 Å². The second-order valence-corrected chi connectivity index (χ2v) is 5.40. The van der Waals surface area contributed by atoms with Crippen molar-refractivity contribution >= 4 is 16.8 Å². The Bertz CT molecular complexity index is 879. The monoisotopic (exact) mass is 336 g/mol. The zero-order chi connectivity index (χ0) is 17.3. The molecule has 0 aliphatic heterocycles. The van der Waals surface area contributed by atoms with Crippen molar-refractivity contribution in [2.75, 3.05) is 6.54 Å². The van der Waals surface area contributed by atoms with Gasteiger partial charge in [-0.2, -0.15) is 18.3 Å². The summed E-state index contributed by atoms with van der Waals surface area (Å²) >= 11 is 0. The number of fused-ring (bicyclic) bond motifs is 1. The number of carbonyl (C=O) groups is 1. The predicted octanol–water partition coefficient (Wildman–Crippen LogP) is 2.89. The molecule has 0 bridgehead atoms. The summed E-state index contributed by atoms with van der Waals surface area (Å²) in [7, 11) is 1.31. The highest BCUT2D eigenvalue weighted by atomic mass is 19.4. The minimum atomic E-state index is -4.57. The van der Waals surface area contributed by atoms with Crippen molar-refractivity contribution in [2.45, 2.75) is 12.6 Å². The Hall–Kier alpha value is -2.77. The van der Waals surface area contributed by atoms with Crippen molar-refractivity contribution < 1.29 is 18.0 Å². The third-order valence-corrected chi connectivity index (χ3v) is 3.76. The molecule has 126 valence electrons. The highest BCUT2D eigenvalue weighted by molar-refractivity contribution is 5.92. The summed E-state index contributed by atoms with van der Waals surface area (Å²) in [5.74, 6) is -0.583. The highest BCUT2D eigenvalue weighted by Crippen LogP contribution is 2.28. The topological polar surface area (TPSA) is 62.7 Å². The third-order valence-electron chi connectivity index (χ3n) is 3.76. The molecule has 0 radical (unpaired) electrons. The molecule has 0 aliphatic rings. The van der Waals surface area contributed by atoms with Crippen LogP contribution in [0.4, 0.5) is 13.2 Å². The first-order valence-electron chi connectivity index (χ1n) is 7.30. The molecule has 24 heavy (non-hydrogen) atoms. The van der Waals surface area contributed by atoms with Crippen LogP contribution in [0.2, 0.25) is 0 Å². The van der Waals surface area contributed by atoms with Crippen LogP contribution in [-0.4, -0.2) is 27.2 Å². The molecule has 0 aliphatic carbocycles. The number of amides is 1. The second kappa shape index (κ2) is 6.03. The number of aromatic amines is 1. The molecular formula is C16H15F3N4O. The predicted molar refractivity (Wildman–Crippen MR) is 82.5 cm³/mol. The molecule has 0 saturated heterocycles. The van der Waals surface area contributed by atoms with Crippen LogP contribution in [0.1, 0.15) is 21.7 Å². The maximum absolute atomic E-state index is 12.6. The third kappa shape index (κ3) is 3.12. The number of nitrogens with one attached hydrogen (secondary N) is 2. The van der Waals surface area contributed by atoms with Crippen molar-refractivity contribution in [1.29, 1.82) is 0 Å². The van der Waals surface area contributed by atoms with Crippen molar-refractivity contribution in [3.8, 4) is 0 Å². The van der Waals surface area contributed by atoms with E-state index in [4.69, 9.17) is 0 Å². The molecule has 0 fully saturated rings. The fraction of sp³-hybridized carbons (Fsp3) is 0.250. The Morgan fingerprint density at radius 1 is 1.33 bits per heavy atom. The van der Waals surface area contributed by atoms with Gasteiger partial charge in [0.05, 0.1) is 0 Å². The van der Waals surface area contributed by atoms with E-state index in [9.17, 15) is 18.0 Å². The summed E-state index contributed by atoms with van der Waals surface area (Å²) in [6.07, 6.45) is -2.14. The van der Waals surface area contributed by atoms with E-state index >= 15 is 0 Å². The van der Waals surface area contributed by atoms with Gasteiger partial charge in [0.25, 0.3) is 5.91 Å². The van der Waals surface area contributed by atoms with Gasteiger partial charge in [0, 0.05) is 36.8 Å². The standard InChI is InChI=1S/C16H15F3N4O/c1-23-13(8-14(22-23)16(17,18)19)15(24)20-7-6-10-9-21-12-5-3-2-4-11(10)12/h2-5,8-9,21H,6-7H2,1H3,(H,20,24). The molecule has 5 nitrogen and oxygen atoms in total. The van der Waals surface area contributed by atoms with E-state index in [0.717, 1.165) is 27.2 Å². The van der Waals surface area contributed by atoms with Crippen LogP contribution in [0.15, 0.2) is 36.5 Å². The Morgan fingerprint density at radius 3 is 2.79 bits per heavy atom. The Kier molecular flexibility index (Phi) is 4.04. The quantitative estimate of drug-likeness (QED) is 0.769. The SMILES string of the molecule is Cn1nc(C(F)(F)F)cc1C(=O)NCCc1c[nH]c2ccccc12. The lowest BCUT2D eigenvalue weighted by atomic mass is 10.1. The number of hydrogen-bond donors (Lipinski definition) is 2. The fourth-order valence-corrected chi connectivity index (χ4v) is 2.56. The fourth-order valence-electron chi connectivity index (χ4n) is 2.56. The van der Waals surface area contributed by atoms with Crippen LogP contribution in [0.3, 0.4) is 0 Å². The first-order valence-corrected chi connectivity index (χ1v) is 7.30. The van der Waals surface area contributed by atoms with Crippen molar-refractivity contribution in [1.82, 2.24) is 20.1 Å². The van der Waals surface area contributed by atoms with E-state index in [1.54, 1.807) is 0 Å². The van der Waals surface area contributed by atoms with Crippen molar-refractivity contribution in [3.05, 3.63) is 53.5 Å². The van der Waals surface area contributed by atoms with E-state index in [2.05, 4.69) is 15.4 Å². The second-order valence-electron chi connectivity index (χ2n) is 5.40. The van der Waals surface area contributed by atoms with Crippen LogP contribution in [0, 0.1) is 0 Å². The number of benzene rings is 1. The maximum Gasteiger partial charge on any atom is 0.435 e. The smallest absolute Gasteiger partial charge is 0.361 e. The molecule has 2 aromatic heterocycles. The van der Waals surface area contributed by atoms with Gasteiger partial charge in [-0.25, -0.2) is 0 Å². The number of halogens is 3. The molecule has 1 aromatic carbocycles. The van der Waals surface area contributed by atoms with Gasteiger partial charge in [0.1, 0.15) is 5.69 Å². The average molecular weight is 336 g/mol. The van der Waals surface area contributed by atoms with E-state index in [1.165, 1.54) is 7.05 Å². The minimum Gasteiger partial charge on any atom is -0.361 e. The van der Waals surface area contributed by atoms with Crippen LogP contribution >= 0.6 is 0 Å². The molecule has 3 aromatic rings. The molecule has 8 heteroatoms. The molecule has 0 saturated carbocycles. The van der Waals surface area contributed by atoms with E-state index < -0.39 is 17.8 Å². The van der Waals surface area contributed by atoms with Gasteiger partial charge >= 0.3 is 6.18 Å². The van der Waals surface area contributed by atoms with Crippen LogP contribution in [0.25, 0.3) is 10.9 Å². The number of hydrogen-bond acceptors (Lipinski definition) is 2. The lowest BCUT2D eigenvalue weighted by molar-refractivity contribution is -0.141. The van der Waals surface area contributed by atoms with E-state index in [1.807, 2.05) is 30.5 Å². The zero-order valence-electron chi connectivity index (χ0n) is 12.8. The first-order chi connectivity index (χ1) is 11.4. The molecule has 0 spiro atoms.